The number of esters is 1. The van der Waals surface area contributed by atoms with Crippen molar-refractivity contribution in [2.24, 2.45) is 5.92 Å². The zero-order valence-electron chi connectivity index (χ0n) is 12.6. The second-order valence-corrected chi connectivity index (χ2v) is 6.55. The lowest BCUT2D eigenvalue weighted by Crippen LogP contribution is -2.31. The molecule has 1 aromatic heterocycles. The average molecular weight is 296 g/mol. The maximum atomic E-state index is 11.8. The Labute approximate surface area is 124 Å². The predicted octanol–water partition coefficient (Wildman–Crippen LogP) is 4.01. The summed E-state index contributed by atoms with van der Waals surface area (Å²) in [4.78, 5) is 17.1. The molecule has 0 aromatic carbocycles. The molecule has 1 N–H and O–H groups in total. The molecule has 1 aromatic rings. The highest BCUT2D eigenvalue weighted by Gasteiger charge is 2.25. The molecule has 0 radical (unpaired) electrons. The number of hydrogen-bond acceptors (Lipinski definition) is 5. The van der Waals surface area contributed by atoms with Crippen LogP contribution in [-0.2, 0) is 4.74 Å². The Morgan fingerprint density at radius 1 is 1.40 bits per heavy atom. The van der Waals surface area contributed by atoms with Crippen LogP contribution in [0.5, 0.6) is 0 Å². The van der Waals surface area contributed by atoms with Crippen LogP contribution in [0.25, 0.3) is 0 Å². The highest BCUT2D eigenvalue weighted by atomic mass is 32.1. The first-order chi connectivity index (χ1) is 9.65. The van der Waals surface area contributed by atoms with Gasteiger partial charge in [0.15, 0.2) is 10.8 Å². The van der Waals surface area contributed by atoms with Gasteiger partial charge in [-0.25, -0.2) is 9.78 Å². The van der Waals surface area contributed by atoms with Gasteiger partial charge in [-0.15, -0.1) is 11.3 Å². The summed E-state index contributed by atoms with van der Waals surface area (Å²) in [7, 11) is 0. The number of hydrogen-bond donors (Lipinski definition) is 1. The molecule has 20 heavy (non-hydrogen) atoms. The average Bonchev–Trinajstić information content (AvgIpc) is 2.80. The molecule has 1 fully saturated rings. The van der Waals surface area contributed by atoms with Crippen molar-refractivity contribution in [2.45, 2.75) is 58.9 Å². The Balaban J connectivity index is 2.06. The predicted molar refractivity (Wildman–Crippen MR) is 82.5 cm³/mol. The van der Waals surface area contributed by atoms with Crippen LogP contribution < -0.4 is 5.32 Å². The first kappa shape index (κ1) is 15.3. The smallest absolute Gasteiger partial charge is 0.358 e. The third-order valence-electron chi connectivity index (χ3n) is 4.01. The number of nitrogens with one attached hydrogen (secondary N) is 1. The minimum atomic E-state index is -0.315. The van der Waals surface area contributed by atoms with Crippen molar-refractivity contribution in [3.8, 4) is 0 Å². The van der Waals surface area contributed by atoms with Crippen LogP contribution in [0.4, 0.5) is 5.13 Å². The molecule has 1 saturated carbocycles. The van der Waals surface area contributed by atoms with E-state index in [9.17, 15) is 4.79 Å². The van der Waals surface area contributed by atoms with Crippen molar-refractivity contribution < 1.29 is 9.53 Å². The third-order valence-corrected chi connectivity index (χ3v) is 4.91. The molecule has 0 bridgehead atoms. The minimum Gasteiger partial charge on any atom is -0.461 e. The van der Waals surface area contributed by atoms with E-state index in [1.807, 2.05) is 13.8 Å². The van der Waals surface area contributed by atoms with Gasteiger partial charge in [0.25, 0.3) is 0 Å². The Morgan fingerprint density at radius 3 is 2.85 bits per heavy atom. The fraction of sp³-hybridized carbons (Fsp3) is 0.733. The fourth-order valence-corrected chi connectivity index (χ4v) is 3.75. The van der Waals surface area contributed by atoms with Gasteiger partial charge in [0.1, 0.15) is 0 Å². The lowest BCUT2D eigenvalue weighted by atomic mass is 9.83. The van der Waals surface area contributed by atoms with Gasteiger partial charge in [-0.05, 0) is 32.6 Å². The molecule has 2 rings (SSSR count). The van der Waals surface area contributed by atoms with Crippen LogP contribution in [0.15, 0.2) is 0 Å². The zero-order valence-corrected chi connectivity index (χ0v) is 13.4. The van der Waals surface area contributed by atoms with Gasteiger partial charge in [-0.3, -0.25) is 0 Å². The first-order valence-corrected chi connectivity index (χ1v) is 8.38. The van der Waals surface area contributed by atoms with E-state index in [1.54, 1.807) is 11.3 Å². The van der Waals surface area contributed by atoms with Gasteiger partial charge in [0.05, 0.1) is 6.61 Å². The molecule has 2 atom stereocenters. The maximum Gasteiger partial charge on any atom is 0.358 e. The van der Waals surface area contributed by atoms with E-state index >= 15 is 0 Å². The number of nitrogens with zero attached hydrogens (tertiary/aromatic N) is 1. The van der Waals surface area contributed by atoms with Gasteiger partial charge in [-0.1, -0.05) is 26.2 Å². The molecule has 0 saturated heterocycles. The van der Waals surface area contributed by atoms with E-state index < -0.39 is 0 Å². The lowest BCUT2D eigenvalue weighted by Gasteiger charge is -2.31. The third kappa shape index (κ3) is 3.51. The van der Waals surface area contributed by atoms with E-state index in [0.717, 1.165) is 15.9 Å². The van der Waals surface area contributed by atoms with Crippen LogP contribution in [0.1, 0.15) is 61.3 Å². The molecule has 1 aliphatic rings. The number of anilines is 1. The standard InChI is InChI=1S/C15H24N2O2S/c1-4-11-8-6-7-9-12(11)16-15-17-13(10(3)20-15)14(18)19-5-2/h11-12H,4-9H2,1-3H3,(H,16,17). The summed E-state index contributed by atoms with van der Waals surface area (Å²) in [6, 6.07) is 0.495. The first-order valence-electron chi connectivity index (χ1n) is 7.56. The van der Waals surface area contributed by atoms with Crippen molar-refractivity contribution in [3.05, 3.63) is 10.6 Å². The Bertz CT molecular complexity index is 459. The number of thiazole rings is 1. The quantitative estimate of drug-likeness (QED) is 0.834. The summed E-state index contributed by atoms with van der Waals surface area (Å²) in [5, 5.41) is 4.40. The van der Waals surface area contributed by atoms with E-state index in [-0.39, 0.29) is 5.97 Å². The van der Waals surface area contributed by atoms with E-state index in [0.29, 0.717) is 18.3 Å². The largest absolute Gasteiger partial charge is 0.461 e. The molecule has 112 valence electrons. The topological polar surface area (TPSA) is 51.2 Å². The van der Waals surface area contributed by atoms with Crippen LogP contribution in [0.2, 0.25) is 0 Å². The minimum absolute atomic E-state index is 0.315. The summed E-state index contributed by atoms with van der Waals surface area (Å²) >= 11 is 1.55. The number of aryl methyl sites for hydroxylation is 1. The lowest BCUT2D eigenvalue weighted by molar-refractivity contribution is 0.0519. The van der Waals surface area contributed by atoms with Crippen LogP contribution in [-0.4, -0.2) is 23.6 Å². The second-order valence-electron chi connectivity index (χ2n) is 5.35. The van der Waals surface area contributed by atoms with Gasteiger partial charge < -0.3 is 10.1 Å². The number of carbonyl (C=O) groups is 1. The maximum absolute atomic E-state index is 11.8. The molecule has 0 aliphatic heterocycles. The van der Waals surface area contributed by atoms with Gasteiger partial charge in [0, 0.05) is 10.9 Å². The van der Waals surface area contributed by atoms with Crippen molar-refractivity contribution >= 4 is 22.4 Å². The van der Waals surface area contributed by atoms with E-state index in [4.69, 9.17) is 4.74 Å². The zero-order chi connectivity index (χ0) is 14.5. The Morgan fingerprint density at radius 2 is 2.15 bits per heavy atom. The monoisotopic (exact) mass is 296 g/mol. The molecule has 5 heteroatoms. The molecular formula is C15H24N2O2S. The van der Waals surface area contributed by atoms with Gasteiger partial charge in [-0.2, -0.15) is 0 Å². The van der Waals surface area contributed by atoms with Gasteiger partial charge >= 0.3 is 5.97 Å². The van der Waals surface area contributed by atoms with E-state index in [2.05, 4.69) is 17.2 Å². The van der Waals surface area contributed by atoms with Crippen LogP contribution in [0, 0.1) is 12.8 Å². The van der Waals surface area contributed by atoms with Crippen molar-refractivity contribution in [3.63, 3.8) is 0 Å². The van der Waals surface area contributed by atoms with Crippen LogP contribution >= 0.6 is 11.3 Å². The second kappa shape index (κ2) is 7.07. The number of rotatable bonds is 5. The molecule has 0 spiro atoms. The van der Waals surface area contributed by atoms with Crippen molar-refractivity contribution in [1.29, 1.82) is 0 Å². The van der Waals surface area contributed by atoms with Gasteiger partial charge in [0.2, 0.25) is 0 Å². The van der Waals surface area contributed by atoms with Crippen LogP contribution in [0.3, 0.4) is 0 Å². The molecule has 0 amide bonds. The molecule has 4 nitrogen and oxygen atoms in total. The normalized spacial score (nSPS) is 22.6. The number of carbonyl (C=O) groups excluding carboxylic acids is 1. The summed E-state index contributed by atoms with van der Waals surface area (Å²) in [6.45, 7) is 6.38. The molecule has 2 unspecified atom stereocenters. The van der Waals surface area contributed by atoms with E-state index in [1.165, 1.54) is 32.1 Å². The molecular weight excluding hydrogens is 272 g/mol. The summed E-state index contributed by atoms with van der Waals surface area (Å²) in [6.07, 6.45) is 6.31. The van der Waals surface area contributed by atoms with Crippen molar-refractivity contribution in [2.75, 3.05) is 11.9 Å². The summed E-state index contributed by atoms with van der Waals surface area (Å²) in [5.41, 5.74) is 0.461. The SMILES string of the molecule is CCOC(=O)c1nc(NC2CCCCC2CC)sc1C. The summed E-state index contributed by atoms with van der Waals surface area (Å²) < 4.78 is 5.03. The Kier molecular flexibility index (Phi) is 5.40. The highest BCUT2D eigenvalue weighted by Crippen LogP contribution is 2.31. The van der Waals surface area contributed by atoms with Crippen molar-refractivity contribution in [1.82, 2.24) is 4.98 Å². The fourth-order valence-electron chi connectivity index (χ4n) is 2.89. The highest BCUT2D eigenvalue weighted by molar-refractivity contribution is 7.15. The molecule has 1 heterocycles. The number of ether oxygens (including phenoxy) is 1. The summed E-state index contributed by atoms with van der Waals surface area (Å²) in [5.74, 6) is 0.406. The number of aromatic nitrogens is 1. The Hall–Kier alpha value is -1.10. The molecule has 1 aliphatic carbocycles.